The van der Waals surface area contributed by atoms with Crippen molar-refractivity contribution in [1.82, 2.24) is 9.55 Å². The molecule has 8 heteroatoms. The van der Waals surface area contributed by atoms with E-state index in [2.05, 4.69) is 16.4 Å². The van der Waals surface area contributed by atoms with Crippen LogP contribution in [0.15, 0.2) is 52.1 Å². The molecule has 1 heterocycles. The summed E-state index contributed by atoms with van der Waals surface area (Å²) in [4.78, 5) is 27.2. The molecule has 2 aromatic carbocycles. The lowest BCUT2D eigenvalue weighted by Crippen LogP contribution is -2.35. The Morgan fingerprint density at radius 1 is 1.08 bits per heavy atom. The monoisotopic (exact) mass is 492 g/mol. The second-order valence-electron chi connectivity index (χ2n) is 9.50. The molecule has 0 atom stereocenters. The molecule has 0 spiro atoms. The number of hydrogen-bond acceptors (Lipinski definition) is 4. The molecule has 4 rings (SSSR count). The van der Waals surface area contributed by atoms with Crippen molar-refractivity contribution in [2.75, 3.05) is 11.9 Å². The number of nitrogens with zero attached hydrogens (tertiary/aromatic N) is 2. The number of rotatable bonds is 8. The van der Waals surface area contributed by atoms with E-state index >= 15 is 0 Å². The van der Waals surface area contributed by atoms with E-state index in [1.54, 1.807) is 11.5 Å². The van der Waals surface area contributed by atoms with Gasteiger partial charge in [0.25, 0.3) is 5.56 Å². The maximum atomic E-state index is 14.7. The summed E-state index contributed by atoms with van der Waals surface area (Å²) in [6, 6.07) is 14.1. The summed E-state index contributed by atoms with van der Waals surface area (Å²) in [5, 5.41) is 12.9. The molecule has 1 aliphatic carbocycles. The first-order valence-corrected chi connectivity index (χ1v) is 12.4. The Morgan fingerprint density at radius 3 is 2.50 bits per heavy atom. The number of aromatic amines is 1. The minimum absolute atomic E-state index is 0.149. The Morgan fingerprint density at radius 2 is 1.81 bits per heavy atom. The van der Waals surface area contributed by atoms with Gasteiger partial charge in [-0.1, -0.05) is 49.6 Å². The fourth-order valence-corrected chi connectivity index (χ4v) is 5.10. The highest BCUT2D eigenvalue weighted by Crippen LogP contribution is 2.41. The van der Waals surface area contributed by atoms with Gasteiger partial charge in [-0.3, -0.25) is 14.3 Å². The standard InChI is InChI=1S/C28H30F2N4O2/c1-19-25(34(27(36)33-26(19)35)17-20-9-4-2-5-10-20)11-8-14-32-24-15-21(22(29)16-23(24)30)28(18-31)12-6-3-7-13-28/h2,4-5,9-10,15-16,32H,3,6-8,11-14,17H2,1H3,(H,33,35,36). The third-order valence-corrected chi connectivity index (χ3v) is 7.15. The van der Waals surface area contributed by atoms with E-state index < -0.39 is 28.3 Å². The average Bonchev–Trinajstić information content (AvgIpc) is 2.88. The lowest BCUT2D eigenvalue weighted by atomic mass is 9.70. The van der Waals surface area contributed by atoms with Gasteiger partial charge in [-0.05, 0) is 44.2 Å². The molecule has 0 amide bonds. The Bertz CT molecular complexity index is 1380. The van der Waals surface area contributed by atoms with E-state index in [4.69, 9.17) is 0 Å². The molecule has 0 aliphatic heterocycles. The summed E-state index contributed by atoms with van der Waals surface area (Å²) in [5.74, 6) is -1.40. The smallest absolute Gasteiger partial charge is 0.328 e. The number of anilines is 1. The van der Waals surface area contributed by atoms with Gasteiger partial charge in [0.05, 0.1) is 23.7 Å². The van der Waals surface area contributed by atoms with Crippen molar-refractivity contribution >= 4 is 5.69 Å². The van der Waals surface area contributed by atoms with Crippen LogP contribution in [-0.4, -0.2) is 16.1 Å². The van der Waals surface area contributed by atoms with Gasteiger partial charge in [-0.2, -0.15) is 5.26 Å². The molecule has 3 aromatic rings. The summed E-state index contributed by atoms with van der Waals surface area (Å²) in [6.45, 7) is 2.35. The Hall–Kier alpha value is -3.73. The first-order valence-electron chi connectivity index (χ1n) is 12.4. The van der Waals surface area contributed by atoms with Crippen LogP contribution >= 0.6 is 0 Å². The van der Waals surface area contributed by atoms with Crippen molar-refractivity contribution < 1.29 is 8.78 Å². The van der Waals surface area contributed by atoms with Gasteiger partial charge in [-0.25, -0.2) is 13.6 Å². The second-order valence-corrected chi connectivity index (χ2v) is 9.50. The van der Waals surface area contributed by atoms with Crippen molar-refractivity contribution in [1.29, 1.82) is 5.26 Å². The summed E-state index contributed by atoms with van der Waals surface area (Å²) in [5.41, 5.74) is 0.598. The Labute approximate surface area is 208 Å². The molecular formula is C28H30F2N4O2. The molecule has 0 saturated heterocycles. The van der Waals surface area contributed by atoms with Crippen molar-refractivity contribution in [3.63, 3.8) is 0 Å². The number of H-pyrrole nitrogens is 1. The van der Waals surface area contributed by atoms with E-state index in [0.717, 1.165) is 30.9 Å². The van der Waals surface area contributed by atoms with Crippen LogP contribution in [0, 0.1) is 29.9 Å². The van der Waals surface area contributed by atoms with Crippen molar-refractivity contribution in [2.24, 2.45) is 0 Å². The number of benzene rings is 2. The molecule has 0 radical (unpaired) electrons. The molecule has 1 aromatic heterocycles. The van der Waals surface area contributed by atoms with Crippen LogP contribution in [0.2, 0.25) is 0 Å². The highest BCUT2D eigenvalue weighted by atomic mass is 19.1. The van der Waals surface area contributed by atoms with Crippen molar-refractivity contribution in [3.05, 3.63) is 97.3 Å². The Kier molecular flexibility index (Phi) is 7.68. The van der Waals surface area contributed by atoms with Gasteiger partial charge in [0.2, 0.25) is 0 Å². The Balaban J connectivity index is 1.51. The van der Waals surface area contributed by atoms with Crippen molar-refractivity contribution in [2.45, 2.75) is 63.8 Å². The fourth-order valence-electron chi connectivity index (χ4n) is 5.10. The SMILES string of the molecule is Cc1c(CCCNc2cc(C3(C#N)CCCCC3)c(F)cc2F)n(Cc2ccccc2)c(=O)[nH]c1=O. The zero-order valence-corrected chi connectivity index (χ0v) is 20.4. The minimum atomic E-state index is -0.928. The average molecular weight is 493 g/mol. The molecule has 6 nitrogen and oxygen atoms in total. The molecule has 188 valence electrons. The zero-order valence-electron chi connectivity index (χ0n) is 20.4. The first-order chi connectivity index (χ1) is 17.3. The van der Waals surface area contributed by atoms with Gasteiger partial charge >= 0.3 is 5.69 Å². The highest BCUT2D eigenvalue weighted by molar-refractivity contribution is 5.51. The molecule has 2 N–H and O–H groups in total. The first kappa shape index (κ1) is 25.4. The van der Waals surface area contributed by atoms with E-state index in [1.165, 1.54) is 6.07 Å². The van der Waals surface area contributed by atoms with Crippen LogP contribution in [0.4, 0.5) is 14.5 Å². The normalized spacial score (nSPS) is 14.8. The second kappa shape index (κ2) is 10.9. The van der Waals surface area contributed by atoms with E-state index in [9.17, 15) is 23.6 Å². The quantitative estimate of drug-likeness (QED) is 0.436. The van der Waals surface area contributed by atoms with E-state index in [0.29, 0.717) is 50.0 Å². The molecular weight excluding hydrogens is 462 g/mol. The van der Waals surface area contributed by atoms with Crippen LogP contribution in [-0.2, 0) is 18.4 Å². The molecule has 0 bridgehead atoms. The van der Waals surface area contributed by atoms with Crippen LogP contribution in [0.25, 0.3) is 0 Å². The maximum absolute atomic E-state index is 14.7. The van der Waals surface area contributed by atoms with E-state index in [-0.39, 0.29) is 11.3 Å². The van der Waals surface area contributed by atoms with E-state index in [1.807, 2.05) is 30.3 Å². The molecule has 1 fully saturated rings. The van der Waals surface area contributed by atoms with Crippen LogP contribution < -0.4 is 16.6 Å². The van der Waals surface area contributed by atoms with Gasteiger partial charge in [0.15, 0.2) is 0 Å². The lowest BCUT2D eigenvalue weighted by molar-refractivity contribution is 0.354. The van der Waals surface area contributed by atoms with Gasteiger partial charge in [0, 0.05) is 29.4 Å². The summed E-state index contributed by atoms with van der Waals surface area (Å²) < 4.78 is 30.9. The largest absolute Gasteiger partial charge is 0.383 e. The van der Waals surface area contributed by atoms with Crippen molar-refractivity contribution in [3.8, 4) is 6.07 Å². The molecule has 1 saturated carbocycles. The molecule has 0 unspecified atom stereocenters. The predicted octanol–water partition coefficient (Wildman–Crippen LogP) is 4.94. The minimum Gasteiger partial charge on any atom is -0.383 e. The predicted molar refractivity (Wildman–Crippen MR) is 135 cm³/mol. The number of aromatic nitrogens is 2. The number of halogens is 2. The summed E-state index contributed by atoms with van der Waals surface area (Å²) >= 11 is 0. The lowest BCUT2D eigenvalue weighted by Gasteiger charge is -2.31. The van der Waals surface area contributed by atoms with Gasteiger partial charge in [-0.15, -0.1) is 0 Å². The highest BCUT2D eigenvalue weighted by Gasteiger charge is 2.37. The number of nitrogens with one attached hydrogen (secondary N) is 2. The third kappa shape index (κ3) is 5.25. The third-order valence-electron chi connectivity index (χ3n) is 7.15. The van der Waals surface area contributed by atoms with Gasteiger partial charge < -0.3 is 5.32 Å². The summed E-state index contributed by atoms with van der Waals surface area (Å²) in [7, 11) is 0. The number of hydrogen-bond donors (Lipinski definition) is 2. The van der Waals surface area contributed by atoms with Crippen LogP contribution in [0.5, 0.6) is 0 Å². The summed E-state index contributed by atoms with van der Waals surface area (Å²) in [6.07, 6.45) is 4.74. The maximum Gasteiger partial charge on any atom is 0.328 e. The number of nitriles is 1. The zero-order chi connectivity index (χ0) is 25.7. The van der Waals surface area contributed by atoms with Gasteiger partial charge in [0.1, 0.15) is 11.6 Å². The topological polar surface area (TPSA) is 90.7 Å². The molecule has 36 heavy (non-hydrogen) atoms. The fraction of sp³-hybridized carbons (Fsp3) is 0.393. The molecule has 1 aliphatic rings. The van der Waals surface area contributed by atoms with Crippen LogP contribution in [0.1, 0.15) is 60.9 Å². The van der Waals surface area contributed by atoms with Crippen LogP contribution in [0.3, 0.4) is 0 Å².